The lowest BCUT2D eigenvalue weighted by molar-refractivity contribution is -0.114. The molecule has 50 valence electrons. The van der Waals surface area contributed by atoms with Gasteiger partial charge in [0.1, 0.15) is 12.1 Å². The van der Waals surface area contributed by atoms with Crippen molar-refractivity contribution in [2.75, 3.05) is 6.54 Å². The van der Waals surface area contributed by atoms with Crippen molar-refractivity contribution < 1.29 is 4.79 Å². The predicted molar refractivity (Wildman–Crippen MR) is 36.4 cm³/mol. The molecular formula is C5H4N4O. The van der Waals surface area contributed by atoms with Crippen LogP contribution in [0.15, 0.2) is 15.1 Å². The molecule has 2 aliphatic heterocycles. The highest BCUT2D eigenvalue weighted by atomic mass is 16.2. The van der Waals surface area contributed by atoms with Crippen molar-refractivity contribution in [3.63, 3.8) is 0 Å². The van der Waals surface area contributed by atoms with Gasteiger partial charge >= 0.3 is 0 Å². The fourth-order valence-electron chi connectivity index (χ4n) is 0.824. The zero-order valence-corrected chi connectivity index (χ0v) is 5.03. The molecule has 0 fully saturated rings. The van der Waals surface area contributed by atoms with Gasteiger partial charge in [-0.15, -0.1) is 0 Å². The smallest absolute Gasteiger partial charge is 0.267 e. The highest BCUT2D eigenvalue weighted by Crippen LogP contribution is 1.97. The molecule has 0 aromatic heterocycles. The van der Waals surface area contributed by atoms with Gasteiger partial charge in [0.2, 0.25) is 0 Å². The van der Waals surface area contributed by atoms with Crippen LogP contribution in [0.4, 0.5) is 0 Å². The molecule has 10 heavy (non-hydrogen) atoms. The third kappa shape index (κ3) is 0.570. The van der Waals surface area contributed by atoms with Crippen LogP contribution in [0.5, 0.6) is 0 Å². The molecule has 0 aliphatic carbocycles. The summed E-state index contributed by atoms with van der Waals surface area (Å²) in [7, 11) is 0. The fraction of sp³-hybridized carbons (Fsp3) is 0.200. The van der Waals surface area contributed by atoms with Crippen LogP contribution in [0.25, 0.3) is 0 Å². The number of amides is 1. The van der Waals surface area contributed by atoms with Crippen LogP contribution < -0.4 is 5.43 Å². The molecule has 1 N–H and O–H groups in total. The minimum atomic E-state index is -0.235. The first-order valence-electron chi connectivity index (χ1n) is 2.81. The summed E-state index contributed by atoms with van der Waals surface area (Å²) in [5, 5.41) is 3.71. The van der Waals surface area contributed by atoms with E-state index in [1.165, 1.54) is 6.34 Å². The van der Waals surface area contributed by atoms with E-state index in [2.05, 4.69) is 20.5 Å². The highest BCUT2D eigenvalue weighted by Gasteiger charge is 2.24. The summed E-state index contributed by atoms with van der Waals surface area (Å²) in [6.45, 7) is 0.456. The molecule has 0 saturated carbocycles. The molecule has 2 aliphatic rings. The molecule has 0 radical (unpaired) electrons. The van der Waals surface area contributed by atoms with E-state index in [0.717, 1.165) is 0 Å². The Morgan fingerprint density at radius 3 is 3.30 bits per heavy atom. The van der Waals surface area contributed by atoms with E-state index >= 15 is 0 Å². The Labute approximate surface area is 56.6 Å². The van der Waals surface area contributed by atoms with E-state index in [4.69, 9.17) is 0 Å². The van der Waals surface area contributed by atoms with Gasteiger partial charge in [0.05, 0.1) is 6.54 Å². The summed E-state index contributed by atoms with van der Waals surface area (Å²) in [5.74, 6) is -0.235. The maximum absolute atomic E-state index is 10.8. The molecule has 0 bridgehead atoms. The van der Waals surface area contributed by atoms with Crippen LogP contribution in [-0.2, 0) is 4.79 Å². The number of hydrogen-bond acceptors (Lipinski definition) is 4. The van der Waals surface area contributed by atoms with Gasteiger partial charge in [-0.3, -0.25) is 9.79 Å². The fourth-order valence-corrected chi connectivity index (χ4v) is 0.824. The molecule has 2 heterocycles. The second-order valence-electron chi connectivity index (χ2n) is 1.93. The third-order valence-electron chi connectivity index (χ3n) is 1.29. The van der Waals surface area contributed by atoms with E-state index in [-0.39, 0.29) is 5.91 Å². The monoisotopic (exact) mass is 136 g/mol. The topological polar surface area (TPSA) is 66.2 Å². The Morgan fingerprint density at radius 2 is 2.50 bits per heavy atom. The second-order valence-corrected chi connectivity index (χ2v) is 1.93. The van der Waals surface area contributed by atoms with Gasteiger partial charge in [-0.05, 0) is 0 Å². The zero-order valence-electron chi connectivity index (χ0n) is 5.03. The van der Waals surface area contributed by atoms with E-state index in [0.29, 0.717) is 18.0 Å². The van der Waals surface area contributed by atoms with Crippen molar-refractivity contribution in [2.24, 2.45) is 15.1 Å². The van der Waals surface area contributed by atoms with E-state index in [1.807, 2.05) is 0 Å². The summed E-state index contributed by atoms with van der Waals surface area (Å²) in [4.78, 5) is 18.4. The van der Waals surface area contributed by atoms with E-state index < -0.39 is 0 Å². The maximum atomic E-state index is 10.8. The lowest BCUT2D eigenvalue weighted by Crippen LogP contribution is -2.26. The zero-order chi connectivity index (χ0) is 6.97. The number of hydrogen-bond donors (Lipinski definition) is 1. The van der Waals surface area contributed by atoms with Gasteiger partial charge in [0.25, 0.3) is 5.91 Å². The predicted octanol–water partition coefficient (Wildman–Crippen LogP) is -1.04. The Bertz CT molecular complexity index is 275. The summed E-state index contributed by atoms with van der Waals surface area (Å²) < 4.78 is 0. The summed E-state index contributed by atoms with van der Waals surface area (Å²) >= 11 is 0. The van der Waals surface area contributed by atoms with Crippen LogP contribution in [0.3, 0.4) is 0 Å². The number of nitrogens with zero attached hydrogens (tertiary/aromatic N) is 3. The Hall–Kier alpha value is -1.52. The molecule has 0 aromatic rings. The molecule has 0 saturated heterocycles. The first-order valence-corrected chi connectivity index (χ1v) is 2.81. The molecule has 1 amide bonds. The first kappa shape index (κ1) is 5.28. The van der Waals surface area contributed by atoms with Crippen molar-refractivity contribution in [1.82, 2.24) is 5.43 Å². The van der Waals surface area contributed by atoms with E-state index in [1.54, 1.807) is 0 Å². The van der Waals surface area contributed by atoms with Crippen LogP contribution >= 0.6 is 0 Å². The standard InChI is InChI=1S/C5H4N4O/c10-5-4-3(8-9-5)1-6-2-7-4/h2H,1H2,(H,9,10). The molecule has 0 atom stereocenters. The van der Waals surface area contributed by atoms with Crippen molar-refractivity contribution in [1.29, 1.82) is 0 Å². The molecule has 0 spiro atoms. The SMILES string of the molecule is O=C1NN=C2CN=CN=C12. The average Bonchev–Trinajstić information content (AvgIpc) is 2.34. The number of nitrogens with one attached hydrogen (secondary N) is 1. The van der Waals surface area contributed by atoms with Crippen LogP contribution in [0, 0.1) is 0 Å². The Balaban J connectivity index is 2.46. The lowest BCUT2D eigenvalue weighted by Gasteiger charge is -1.97. The van der Waals surface area contributed by atoms with E-state index in [9.17, 15) is 4.79 Å². The summed E-state index contributed by atoms with van der Waals surface area (Å²) in [6, 6.07) is 0. The molecule has 5 heteroatoms. The quantitative estimate of drug-likeness (QED) is 0.454. The van der Waals surface area contributed by atoms with Gasteiger partial charge in [0, 0.05) is 0 Å². The van der Waals surface area contributed by atoms with Crippen molar-refractivity contribution in [3.8, 4) is 0 Å². The third-order valence-corrected chi connectivity index (χ3v) is 1.29. The number of carbonyl (C=O) groups is 1. The Kier molecular flexibility index (Phi) is 0.913. The molecular weight excluding hydrogens is 132 g/mol. The maximum Gasteiger partial charge on any atom is 0.292 e. The Morgan fingerprint density at radius 1 is 1.60 bits per heavy atom. The van der Waals surface area contributed by atoms with Crippen molar-refractivity contribution >= 4 is 23.7 Å². The number of aliphatic imine (C=N–C) groups is 2. The molecule has 2 rings (SSSR count). The van der Waals surface area contributed by atoms with Gasteiger partial charge in [-0.1, -0.05) is 0 Å². The number of rotatable bonds is 0. The average molecular weight is 136 g/mol. The number of hydrazone groups is 1. The van der Waals surface area contributed by atoms with Gasteiger partial charge in [0.15, 0.2) is 5.71 Å². The lowest BCUT2D eigenvalue weighted by atomic mass is 10.2. The second kappa shape index (κ2) is 1.73. The highest BCUT2D eigenvalue weighted by molar-refractivity contribution is 6.70. The van der Waals surface area contributed by atoms with Crippen LogP contribution in [-0.4, -0.2) is 30.2 Å². The number of fused-ring (bicyclic) bond motifs is 1. The van der Waals surface area contributed by atoms with Crippen LogP contribution in [0.2, 0.25) is 0 Å². The van der Waals surface area contributed by atoms with Crippen molar-refractivity contribution in [3.05, 3.63) is 0 Å². The summed E-state index contributed by atoms with van der Waals surface area (Å²) in [5.41, 5.74) is 3.33. The van der Waals surface area contributed by atoms with Crippen molar-refractivity contribution in [2.45, 2.75) is 0 Å². The van der Waals surface area contributed by atoms with Crippen LogP contribution in [0.1, 0.15) is 0 Å². The first-order chi connectivity index (χ1) is 4.88. The number of carbonyl (C=O) groups excluding carboxylic acids is 1. The minimum absolute atomic E-state index is 0.235. The van der Waals surface area contributed by atoms with Gasteiger partial charge < -0.3 is 0 Å². The minimum Gasteiger partial charge on any atom is -0.267 e. The molecule has 0 unspecified atom stereocenters. The van der Waals surface area contributed by atoms with Gasteiger partial charge in [-0.2, -0.15) is 5.10 Å². The molecule has 5 nitrogen and oxygen atoms in total. The largest absolute Gasteiger partial charge is 0.292 e. The van der Waals surface area contributed by atoms with Gasteiger partial charge in [-0.25, -0.2) is 10.4 Å². The normalized spacial score (nSPS) is 21.4. The summed E-state index contributed by atoms with van der Waals surface area (Å²) in [6.07, 6.45) is 1.37. The molecule has 0 aromatic carbocycles.